The quantitative estimate of drug-likeness (QED) is 0.754. The van der Waals surface area contributed by atoms with Gasteiger partial charge in [-0.2, -0.15) is 5.10 Å². The first-order valence-electron chi connectivity index (χ1n) is 4.48. The summed E-state index contributed by atoms with van der Waals surface area (Å²) in [4.78, 5) is 0. The van der Waals surface area contributed by atoms with Crippen LogP contribution >= 0.6 is 0 Å². The molecular formula is C9H17N3O2. The number of rotatable bonds is 5. The monoisotopic (exact) mass is 199 g/mol. The molecule has 0 spiro atoms. The molecule has 0 radical (unpaired) electrons. The van der Waals surface area contributed by atoms with Crippen LogP contribution in [0.5, 0.6) is 0 Å². The zero-order valence-electron chi connectivity index (χ0n) is 8.86. The van der Waals surface area contributed by atoms with Crippen molar-refractivity contribution in [3.05, 3.63) is 11.8 Å². The summed E-state index contributed by atoms with van der Waals surface area (Å²) in [5, 5.41) is 4.18. The van der Waals surface area contributed by atoms with Crippen molar-refractivity contribution in [2.24, 2.45) is 0 Å². The predicted molar refractivity (Wildman–Crippen MR) is 54.2 cm³/mol. The fourth-order valence-electron chi connectivity index (χ4n) is 1.27. The van der Waals surface area contributed by atoms with E-state index in [9.17, 15) is 0 Å². The highest BCUT2D eigenvalue weighted by Crippen LogP contribution is 2.12. The smallest absolute Gasteiger partial charge is 0.148 e. The van der Waals surface area contributed by atoms with Gasteiger partial charge in [-0.05, 0) is 6.92 Å². The summed E-state index contributed by atoms with van der Waals surface area (Å²) >= 11 is 0. The van der Waals surface area contributed by atoms with Gasteiger partial charge in [0.2, 0.25) is 0 Å². The van der Waals surface area contributed by atoms with Crippen molar-refractivity contribution in [1.29, 1.82) is 0 Å². The Hall–Kier alpha value is -1.07. The van der Waals surface area contributed by atoms with Crippen molar-refractivity contribution in [2.45, 2.75) is 13.0 Å². The summed E-state index contributed by atoms with van der Waals surface area (Å²) in [6.45, 7) is 3.05. The first-order chi connectivity index (χ1) is 6.69. The molecule has 0 amide bonds. The number of hydrogen-bond donors (Lipinski definition) is 1. The molecule has 0 bridgehead atoms. The van der Waals surface area contributed by atoms with Crippen molar-refractivity contribution in [3.8, 4) is 0 Å². The maximum Gasteiger partial charge on any atom is 0.148 e. The van der Waals surface area contributed by atoms with E-state index >= 15 is 0 Å². The minimum absolute atomic E-state index is 0.0843. The fraction of sp³-hybridized carbons (Fsp3) is 0.667. The number of aryl methyl sites for hydroxylation is 1. The Morgan fingerprint density at radius 2 is 2.00 bits per heavy atom. The topological polar surface area (TPSA) is 62.3 Å². The van der Waals surface area contributed by atoms with Gasteiger partial charge in [0.25, 0.3) is 0 Å². The summed E-state index contributed by atoms with van der Waals surface area (Å²) in [5.41, 5.74) is 6.63. The third-order valence-electron chi connectivity index (χ3n) is 2.05. The highest BCUT2D eigenvalue weighted by molar-refractivity contribution is 5.35. The first kappa shape index (κ1) is 11.0. The maximum absolute atomic E-state index is 5.66. The van der Waals surface area contributed by atoms with Crippen molar-refractivity contribution >= 4 is 5.82 Å². The lowest BCUT2D eigenvalue weighted by Crippen LogP contribution is -2.20. The molecule has 1 aromatic heterocycles. The normalized spacial score (nSPS) is 11.1. The highest BCUT2D eigenvalue weighted by atomic mass is 16.5. The second-order valence-corrected chi connectivity index (χ2v) is 3.24. The summed E-state index contributed by atoms with van der Waals surface area (Å²) in [7, 11) is 3.31. The van der Waals surface area contributed by atoms with Gasteiger partial charge < -0.3 is 15.2 Å². The lowest BCUT2D eigenvalue weighted by atomic mass is 10.3. The van der Waals surface area contributed by atoms with E-state index in [1.165, 1.54) is 0 Å². The van der Waals surface area contributed by atoms with Crippen LogP contribution < -0.4 is 5.73 Å². The molecular weight excluding hydrogens is 182 g/mol. The highest BCUT2D eigenvalue weighted by Gasteiger charge is 2.12. The zero-order chi connectivity index (χ0) is 10.6. The minimum Gasteiger partial charge on any atom is -0.382 e. The molecule has 0 aliphatic rings. The van der Waals surface area contributed by atoms with Gasteiger partial charge in [-0.25, -0.2) is 0 Å². The molecule has 1 heterocycles. The van der Waals surface area contributed by atoms with Crippen LogP contribution in [-0.2, 0) is 9.47 Å². The molecule has 0 aliphatic carbocycles. The Balaban J connectivity index is 2.76. The van der Waals surface area contributed by atoms with Crippen LogP contribution in [0.4, 0.5) is 5.82 Å². The van der Waals surface area contributed by atoms with Gasteiger partial charge in [0, 0.05) is 26.0 Å². The number of nitrogens with zero attached hydrogens (tertiary/aromatic N) is 2. The SMILES string of the molecule is COCC(COC)n1cc(C)c(N)n1. The summed E-state index contributed by atoms with van der Waals surface area (Å²) in [5.74, 6) is 0.558. The Bertz CT molecular complexity index is 260. The summed E-state index contributed by atoms with van der Waals surface area (Å²) in [6.07, 6.45) is 1.90. The first-order valence-corrected chi connectivity index (χ1v) is 4.48. The molecule has 80 valence electrons. The Morgan fingerprint density at radius 3 is 2.36 bits per heavy atom. The fourth-order valence-corrected chi connectivity index (χ4v) is 1.27. The predicted octanol–water partition coefficient (Wildman–Crippen LogP) is 0.608. The average molecular weight is 199 g/mol. The van der Waals surface area contributed by atoms with Gasteiger partial charge in [-0.1, -0.05) is 0 Å². The molecule has 14 heavy (non-hydrogen) atoms. The maximum atomic E-state index is 5.66. The average Bonchev–Trinajstić information content (AvgIpc) is 2.47. The molecule has 0 fully saturated rings. The van der Waals surface area contributed by atoms with E-state index in [0.717, 1.165) is 5.56 Å². The number of hydrogen-bond acceptors (Lipinski definition) is 4. The molecule has 2 N–H and O–H groups in total. The van der Waals surface area contributed by atoms with Crippen LogP contribution in [0.2, 0.25) is 0 Å². The lowest BCUT2D eigenvalue weighted by Gasteiger charge is -2.15. The Kier molecular flexibility index (Phi) is 3.91. The second-order valence-electron chi connectivity index (χ2n) is 3.24. The Morgan fingerprint density at radius 1 is 1.43 bits per heavy atom. The Labute approximate surface area is 83.8 Å². The molecule has 0 unspecified atom stereocenters. The molecule has 5 heteroatoms. The van der Waals surface area contributed by atoms with E-state index in [2.05, 4.69) is 5.10 Å². The molecule has 0 atom stereocenters. The van der Waals surface area contributed by atoms with Crippen LogP contribution in [-0.4, -0.2) is 37.2 Å². The van der Waals surface area contributed by atoms with E-state index in [1.807, 2.05) is 13.1 Å². The van der Waals surface area contributed by atoms with E-state index in [4.69, 9.17) is 15.2 Å². The third-order valence-corrected chi connectivity index (χ3v) is 2.05. The summed E-state index contributed by atoms with van der Waals surface area (Å²) < 4.78 is 11.9. The van der Waals surface area contributed by atoms with Crippen molar-refractivity contribution in [2.75, 3.05) is 33.2 Å². The van der Waals surface area contributed by atoms with Gasteiger partial charge in [-0.3, -0.25) is 4.68 Å². The van der Waals surface area contributed by atoms with Crippen molar-refractivity contribution in [1.82, 2.24) is 9.78 Å². The van der Waals surface area contributed by atoms with Crippen molar-refractivity contribution < 1.29 is 9.47 Å². The number of nitrogens with two attached hydrogens (primary N) is 1. The molecule has 1 rings (SSSR count). The number of anilines is 1. The third kappa shape index (κ3) is 2.46. The van der Waals surface area contributed by atoms with E-state index < -0.39 is 0 Å². The van der Waals surface area contributed by atoms with Crippen LogP contribution in [0.3, 0.4) is 0 Å². The van der Waals surface area contributed by atoms with Gasteiger partial charge >= 0.3 is 0 Å². The van der Waals surface area contributed by atoms with Crippen molar-refractivity contribution in [3.63, 3.8) is 0 Å². The minimum atomic E-state index is 0.0843. The standard InChI is InChI=1S/C9H17N3O2/c1-7-4-12(11-9(7)10)8(5-13-2)6-14-3/h4,8H,5-6H2,1-3H3,(H2,10,11). The van der Waals surface area contributed by atoms with E-state index in [-0.39, 0.29) is 6.04 Å². The van der Waals surface area contributed by atoms with Crippen LogP contribution in [0.15, 0.2) is 6.20 Å². The summed E-state index contributed by atoms with van der Waals surface area (Å²) in [6, 6.07) is 0.0843. The zero-order valence-corrected chi connectivity index (χ0v) is 8.86. The number of ether oxygens (including phenoxy) is 2. The van der Waals surface area contributed by atoms with Crippen LogP contribution in [0.25, 0.3) is 0 Å². The molecule has 1 aromatic rings. The van der Waals surface area contributed by atoms with Gasteiger partial charge in [0.1, 0.15) is 5.82 Å². The molecule has 5 nitrogen and oxygen atoms in total. The molecule has 0 saturated carbocycles. The molecule has 0 saturated heterocycles. The molecule has 0 aromatic carbocycles. The van der Waals surface area contributed by atoms with Crippen LogP contribution in [0.1, 0.15) is 11.6 Å². The van der Waals surface area contributed by atoms with Gasteiger partial charge in [0.05, 0.1) is 19.3 Å². The number of methoxy groups -OCH3 is 2. The largest absolute Gasteiger partial charge is 0.382 e. The van der Waals surface area contributed by atoms with Gasteiger partial charge in [0.15, 0.2) is 0 Å². The molecule has 0 aliphatic heterocycles. The second kappa shape index (κ2) is 4.97. The van der Waals surface area contributed by atoms with Crippen LogP contribution in [0, 0.1) is 6.92 Å². The lowest BCUT2D eigenvalue weighted by molar-refractivity contribution is 0.0840. The number of aromatic nitrogens is 2. The van der Waals surface area contributed by atoms with Gasteiger partial charge in [-0.15, -0.1) is 0 Å². The van der Waals surface area contributed by atoms with E-state index in [1.54, 1.807) is 18.9 Å². The van der Waals surface area contributed by atoms with E-state index in [0.29, 0.717) is 19.0 Å². The number of nitrogen functional groups attached to an aromatic ring is 1.